The van der Waals surface area contributed by atoms with E-state index in [9.17, 15) is 4.79 Å². The second kappa shape index (κ2) is 7.77. The molecule has 0 fully saturated rings. The standard InChI is InChI=1S/C18H23N3O2S/c1-14-5-7-15(8-6-14)23-13-18(22)21(12-16-4-3-11-24-16)17-9-10-19-20(17)2/h3-9,16,19H,10-13H2,1-2H3. The molecule has 1 aromatic rings. The quantitative estimate of drug-likeness (QED) is 0.801. The molecule has 128 valence electrons. The lowest BCUT2D eigenvalue weighted by molar-refractivity contribution is -0.132. The predicted octanol–water partition coefficient (Wildman–Crippen LogP) is 2.17. The summed E-state index contributed by atoms with van der Waals surface area (Å²) in [6, 6.07) is 7.75. The molecule has 3 rings (SSSR count). The number of carbonyl (C=O) groups is 1. The molecular formula is C18H23N3O2S. The molecule has 1 atom stereocenters. The number of benzene rings is 1. The lowest BCUT2D eigenvalue weighted by Crippen LogP contribution is -2.43. The molecule has 5 nitrogen and oxygen atoms in total. The zero-order valence-electron chi connectivity index (χ0n) is 14.1. The zero-order valence-corrected chi connectivity index (χ0v) is 14.9. The van der Waals surface area contributed by atoms with Gasteiger partial charge in [0, 0.05) is 31.1 Å². The SMILES string of the molecule is Cc1ccc(OCC(=O)N(CC2C=CCS2)C2=CCNN2C)cc1. The molecule has 2 heterocycles. The van der Waals surface area contributed by atoms with Gasteiger partial charge in [-0.2, -0.15) is 0 Å². The van der Waals surface area contributed by atoms with E-state index < -0.39 is 0 Å². The van der Waals surface area contributed by atoms with Crippen LogP contribution >= 0.6 is 11.8 Å². The van der Waals surface area contributed by atoms with Crippen molar-refractivity contribution in [1.29, 1.82) is 0 Å². The molecular weight excluding hydrogens is 322 g/mol. The monoisotopic (exact) mass is 345 g/mol. The third kappa shape index (κ3) is 4.13. The van der Waals surface area contributed by atoms with Gasteiger partial charge in [-0.3, -0.25) is 14.7 Å². The Hall–Kier alpha value is -1.92. The second-order valence-electron chi connectivity index (χ2n) is 5.89. The molecule has 1 N–H and O–H groups in total. The van der Waals surface area contributed by atoms with Crippen LogP contribution in [-0.2, 0) is 4.79 Å². The first-order chi connectivity index (χ1) is 11.6. The number of aryl methyl sites for hydroxylation is 1. The summed E-state index contributed by atoms with van der Waals surface area (Å²) in [5.74, 6) is 2.60. The van der Waals surface area contributed by atoms with E-state index in [1.807, 2.05) is 66.0 Å². The Morgan fingerprint density at radius 2 is 2.21 bits per heavy atom. The Balaban J connectivity index is 1.65. The fourth-order valence-corrected chi connectivity index (χ4v) is 3.65. The molecule has 0 aromatic heterocycles. The third-order valence-corrected chi connectivity index (χ3v) is 5.16. The molecule has 1 amide bonds. The molecule has 0 radical (unpaired) electrons. The molecule has 2 aliphatic rings. The van der Waals surface area contributed by atoms with Gasteiger partial charge in [0.05, 0.1) is 0 Å². The van der Waals surface area contributed by atoms with Gasteiger partial charge in [-0.25, -0.2) is 5.43 Å². The van der Waals surface area contributed by atoms with E-state index in [0.29, 0.717) is 11.8 Å². The Labute approximate surface area is 147 Å². The lowest BCUT2D eigenvalue weighted by Gasteiger charge is -2.30. The van der Waals surface area contributed by atoms with Crippen molar-refractivity contribution >= 4 is 17.7 Å². The highest BCUT2D eigenvalue weighted by atomic mass is 32.2. The third-order valence-electron chi connectivity index (χ3n) is 4.04. The number of nitrogens with zero attached hydrogens (tertiary/aromatic N) is 2. The van der Waals surface area contributed by atoms with E-state index in [0.717, 1.165) is 23.9 Å². The predicted molar refractivity (Wildman–Crippen MR) is 97.6 cm³/mol. The minimum absolute atomic E-state index is 0.0294. The number of hydrogen-bond donors (Lipinski definition) is 1. The summed E-state index contributed by atoms with van der Waals surface area (Å²) >= 11 is 1.85. The van der Waals surface area contributed by atoms with E-state index in [-0.39, 0.29) is 12.5 Å². The van der Waals surface area contributed by atoms with Crippen molar-refractivity contribution in [3.05, 3.63) is 53.9 Å². The molecule has 0 saturated carbocycles. The van der Waals surface area contributed by atoms with Crippen LogP contribution in [0, 0.1) is 6.92 Å². The van der Waals surface area contributed by atoms with E-state index in [1.54, 1.807) is 0 Å². The summed E-state index contributed by atoms with van der Waals surface area (Å²) < 4.78 is 5.68. The Morgan fingerprint density at radius 1 is 1.42 bits per heavy atom. The molecule has 0 spiro atoms. The molecule has 6 heteroatoms. The summed E-state index contributed by atoms with van der Waals surface area (Å²) in [4.78, 5) is 14.6. The van der Waals surface area contributed by atoms with E-state index >= 15 is 0 Å². The smallest absolute Gasteiger partial charge is 0.266 e. The molecule has 24 heavy (non-hydrogen) atoms. The Morgan fingerprint density at radius 3 is 2.83 bits per heavy atom. The number of rotatable bonds is 6. The van der Waals surface area contributed by atoms with Crippen molar-refractivity contribution in [1.82, 2.24) is 15.3 Å². The topological polar surface area (TPSA) is 44.8 Å². The van der Waals surface area contributed by atoms with E-state index in [2.05, 4.69) is 17.6 Å². The van der Waals surface area contributed by atoms with Crippen LogP contribution in [0.4, 0.5) is 0 Å². The van der Waals surface area contributed by atoms with Crippen LogP contribution in [0.1, 0.15) is 5.56 Å². The van der Waals surface area contributed by atoms with Crippen LogP contribution in [0.15, 0.2) is 48.3 Å². The number of ether oxygens (including phenoxy) is 1. The summed E-state index contributed by atoms with van der Waals surface area (Å²) in [5, 5.41) is 2.23. The fourth-order valence-electron chi connectivity index (χ4n) is 2.70. The highest BCUT2D eigenvalue weighted by Crippen LogP contribution is 2.23. The van der Waals surface area contributed by atoms with Crippen molar-refractivity contribution in [3.8, 4) is 5.75 Å². The molecule has 0 saturated heterocycles. The first-order valence-electron chi connectivity index (χ1n) is 8.09. The summed E-state index contributed by atoms with van der Waals surface area (Å²) in [6.07, 6.45) is 6.37. The molecule has 1 aromatic carbocycles. The minimum Gasteiger partial charge on any atom is -0.484 e. The maximum atomic E-state index is 12.8. The summed E-state index contributed by atoms with van der Waals surface area (Å²) in [6.45, 7) is 3.46. The van der Waals surface area contributed by atoms with Crippen molar-refractivity contribution in [2.75, 3.05) is 32.5 Å². The Bertz CT molecular complexity index is 642. The van der Waals surface area contributed by atoms with E-state index in [1.165, 1.54) is 5.56 Å². The van der Waals surface area contributed by atoms with Crippen molar-refractivity contribution in [3.63, 3.8) is 0 Å². The van der Waals surface area contributed by atoms with Crippen LogP contribution in [0.2, 0.25) is 0 Å². The molecule has 2 aliphatic heterocycles. The number of nitrogens with one attached hydrogen (secondary N) is 1. The largest absolute Gasteiger partial charge is 0.484 e. The summed E-state index contributed by atoms with van der Waals surface area (Å²) in [7, 11) is 1.93. The average Bonchev–Trinajstić information content (AvgIpc) is 3.23. The highest BCUT2D eigenvalue weighted by Gasteiger charge is 2.27. The first kappa shape index (κ1) is 16.9. The maximum absolute atomic E-state index is 12.8. The lowest BCUT2D eigenvalue weighted by atomic mass is 10.2. The van der Waals surface area contributed by atoms with Gasteiger partial charge in [0.25, 0.3) is 5.91 Å². The van der Waals surface area contributed by atoms with Crippen LogP contribution in [0.25, 0.3) is 0 Å². The van der Waals surface area contributed by atoms with Crippen molar-refractivity contribution in [2.24, 2.45) is 0 Å². The van der Waals surface area contributed by atoms with E-state index in [4.69, 9.17) is 4.74 Å². The number of amides is 1. The van der Waals surface area contributed by atoms with Gasteiger partial charge in [-0.15, -0.1) is 11.8 Å². The number of carbonyl (C=O) groups excluding carboxylic acids is 1. The van der Waals surface area contributed by atoms with Gasteiger partial charge < -0.3 is 4.74 Å². The normalized spacial score (nSPS) is 19.5. The van der Waals surface area contributed by atoms with Crippen LogP contribution in [0.3, 0.4) is 0 Å². The van der Waals surface area contributed by atoms with Crippen LogP contribution in [0.5, 0.6) is 5.75 Å². The highest BCUT2D eigenvalue weighted by molar-refractivity contribution is 8.00. The Kier molecular flexibility index (Phi) is 5.48. The van der Waals surface area contributed by atoms with Gasteiger partial charge >= 0.3 is 0 Å². The number of hydrazine groups is 1. The zero-order chi connectivity index (χ0) is 16.9. The van der Waals surface area contributed by atoms with Crippen molar-refractivity contribution in [2.45, 2.75) is 12.2 Å². The molecule has 1 unspecified atom stereocenters. The number of thioether (sulfide) groups is 1. The second-order valence-corrected chi connectivity index (χ2v) is 7.16. The van der Waals surface area contributed by atoms with Gasteiger partial charge in [-0.05, 0) is 25.1 Å². The molecule has 0 aliphatic carbocycles. The summed E-state index contributed by atoms with van der Waals surface area (Å²) in [5.41, 5.74) is 4.36. The average molecular weight is 345 g/mol. The van der Waals surface area contributed by atoms with Gasteiger partial charge in [0.15, 0.2) is 6.61 Å². The van der Waals surface area contributed by atoms with Gasteiger partial charge in [0.2, 0.25) is 0 Å². The van der Waals surface area contributed by atoms with Gasteiger partial charge in [0.1, 0.15) is 11.6 Å². The first-order valence-corrected chi connectivity index (χ1v) is 9.14. The fraction of sp³-hybridized carbons (Fsp3) is 0.389. The maximum Gasteiger partial charge on any atom is 0.266 e. The number of hydrogen-bond acceptors (Lipinski definition) is 5. The van der Waals surface area contributed by atoms with Crippen molar-refractivity contribution < 1.29 is 9.53 Å². The van der Waals surface area contributed by atoms with Crippen LogP contribution in [-0.4, -0.2) is 53.6 Å². The minimum atomic E-state index is -0.0294. The van der Waals surface area contributed by atoms with Gasteiger partial charge in [-0.1, -0.05) is 29.8 Å². The molecule has 0 bridgehead atoms. The van der Waals surface area contributed by atoms with Crippen LogP contribution < -0.4 is 10.2 Å².